The van der Waals surface area contributed by atoms with E-state index in [-0.39, 0.29) is 11.4 Å². The van der Waals surface area contributed by atoms with Crippen molar-refractivity contribution in [3.63, 3.8) is 0 Å². The topological polar surface area (TPSA) is 59.3 Å². The maximum atomic E-state index is 12.5. The second-order valence-corrected chi connectivity index (χ2v) is 6.23. The lowest BCUT2D eigenvalue weighted by molar-refractivity contribution is 0.0713. The highest BCUT2D eigenvalue weighted by molar-refractivity contribution is 5.94. The van der Waals surface area contributed by atoms with Crippen LogP contribution in [-0.4, -0.2) is 26.0 Å². The average molecular weight is 270 g/mol. The van der Waals surface area contributed by atoms with E-state index in [1.54, 1.807) is 16.9 Å². The summed E-state index contributed by atoms with van der Waals surface area (Å²) in [4.78, 5) is 12.5. The molecule has 0 spiro atoms. The highest BCUT2D eigenvalue weighted by Gasteiger charge is 2.41. The Kier molecular flexibility index (Phi) is 2.55. The molecular weight excluding hydrogens is 252 g/mol. The summed E-state index contributed by atoms with van der Waals surface area (Å²) < 4.78 is 1.78. The fourth-order valence-electron chi connectivity index (χ4n) is 3.71. The lowest BCUT2D eigenvalue weighted by Crippen LogP contribution is -2.53. The van der Waals surface area contributed by atoms with Crippen LogP contribution in [0.15, 0.2) is 24.7 Å². The molecule has 0 radical (unpaired) electrons. The third kappa shape index (κ3) is 1.88. The maximum absolute atomic E-state index is 12.5. The van der Waals surface area contributed by atoms with Crippen LogP contribution in [0.4, 0.5) is 0 Å². The Bertz CT molecular complexity index is 641. The van der Waals surface area contributed by atoms with Crippen LogP contribution in [0.5, 0.6) is 0 Å². The van der Waals surface area contributed by atoms with Crippen molar-refractivity contribution in [1.82, 2.24) is 19.9 Å². The van der Waals surface area contributed by atoms with Crippen molar-refractivity contribution >= 4 is 11.6 Å². The van der Waals surface area contributed by atoms with Gasteiger partial charge in [0.25, 0.3) is 5.91 Å². The van der Waals surface area contributed by atoms with Gasteiger partial charge in [0.2, 0.25) is 0 Å². The summed E-state index contributed by atoms with van der Waals surface area (Å²) >= 11 is 0. The predicted molar refractivity (Wildman–Crippen MR) is 74.4 cm³/mol. The molecule has 20 heavy (non-hydrogen) atoms. The van der Waals surface area contributed by atoms with Crippen LogP contribution in [-0.2, 0) is 0 Å². The summed E-state index contributed by atoms with van der Waals surface area (Å²) in [6, 6.07) is 3.65. The van der Waals surface area contributed by atoms with E-state index in [1.165, 1.54) is 19.3 Å². The molecule has 1 amide bonds. The van der Waals surface area contributed by atoms with Gasteiger partial charge in [-0.3, -0.25) is 9.20 Å². The highest BCUT2D eigenvalue weighted by Crippen LogP contribution is 2.44. The van der Waals surface area contributed by atoms with Crippen LogP contribution in [0.2, 0.25) is 0 Å². The van der Waals surface area contributed by atoms with Gasteiger partial charge in [0.15, 0.2) is 5.65 Å². The Hall–Kier alpha value is -1.91. The molecule has 104 valence electrons. The zero-order valence-corrected chi connectivity index (χ0v) is 11.4. The Labute approximate surface area is 117 Å². The molecular formula is C15H18N4O. The van der Waals surface area contributed by atoms with Gasteiger partial charge >= 0.3 is 0 Å². The molecule has 5 heteroatoms. The van der Waals surface area contributed by atoms with E-state index in [4.69, 9.17) is 0 Å². The van der Waals surface area contributed by atoms with Crippen molar-refractivity contribution in [2.45, 2.75) is 44.1 Å². The van der Waals surface area contributed by atoms with Gasteiger partial charge in [0.05, 0.1) is 5.56 Å². The molecule has 0 aliphatic heterocycles. The van der Waals surface area contributed by atoms with Crippen LogP contribution < -0.4 is 5.32 Å². The van der Waals surface area contributed by atoms with Gasteiger partial charge < -0.3 is 5.32 Å². The quantitative estimate of drug-likeness (QED) is 0.910. The van der Waals surface area contributed by atoms with E-state index >= 15 is 0 Å². The van der Waals surface area contributed by atoms with Gasteiger partial charge in [-0.05, 0) is 56.6 Å². The largest absolute Gasteiger partial charge is 0.347 e. The fraction of sp³-hybridized carbons (Fsp3) is 0.533. The molecule has 0 aromatic carbocycles. The molecule has 3 aliphatic rings. The number of aromatic nitrogens is 3. The first-order valence-electron chi connectivity index (χ1n) is 7.36. The van der Waals surface area contributed by atoms with Gasteiger partial charge in [-0.25, -0.2) is 0 Å². The second-order valence-electron chi connectivity index (χ2n) is 6.23. The number of hydrogen-bond donors (Lipinski definition) is 1. The number of rotatable bonds is 2. The third-order valence-corrected chi connectivity index (χ3v) is 5.03. The van der Waals surface area contributed by atoms with E-state index in [1.807, 2.05) is 12.1 Å². The van der Waals surface area contributed by atoms with Gasteiger partial charge in [0.1, 0.15) is 6.33 Å². The molecule has 2 heterocycles. The number of amides is 1. The van der Waals surface area contributed by atoms with Gasteiger partial charge in [-0.1, -0.05) is 0 Å². The lowest BCUT2D eigenvalue weighted by Gasteiger charge is -2.47. The van der Waals surface area contributed by atoms with E-state index in [0.29, 0.717) is 5.56 Å². The summed E-state index contributed by atoms with van der Waals surface area (Å²) in [5.41, 5.74) is 1.49. The van der Waals surface area contributed by atoms with Crippen molar-refractivity contribution in [3.05, 3.63) is 30.2 Å². The van der Waals surface area contributed by atoms with Crippen molar-refractivity contribution in [1.29, 1.82) is 0 Å². The van der Waals surface area contributed by atoms with Crippen LogP contribution in [0.3, 0.4) is 0 Å². The Morgan fingerprint density at radius 1 is 1.25 bits per heavy atom. The zero-order valence-electron chi connectivity index (χ0n) is 11.4. The lowest BCUT2D eigenvalue weighted by atomic mass is 9.66. The van der Waals surface area contributed by atoms with E-state index in [2.05, 4.69) is 15.5 Å². The smallest absolute Gasteiger partial charge is 0.253 e. The number of carbonyl (C=O) groups is 1. The normalized spacial score (nSPS) is 28.7. The number of fused-ring (bicyclic) bond motifs is 4. The van der Waals surface area contributed by atoms with Gasteiger partial charge in [-0.15, -0.1) is 10.2 Å². The zero-order chi connectivity index (χ0) is 13.6. The van der Waals surface area contributed by atoms with Crippen molar-refractivity contribution in [3.8, 4) is 0 Å². The second kappa shape index (κ2) is 4.30. The summed E-state index contributed by atoms with van der Waals surface area (Å²) in [5.74, 6) is 0.933. The van der Waals surface area contributed by atoms with Crippen LogP contribution in [0.25, 0.3) is 5.65 Å². The number of hydrogen-bond acceptors (Lipinski definition) is 3. The average Bonchev–Trinajstić information content (AvgIpc) is 2.96. The monoisotopic (exact) mass is 270 g/mol. The first-order valence-corrected chi connectivity index (χ1v) is 7.36. The number of carbonyl (C=O) groups excluding carboxylic acids is 1. The molecule has 5 nitrogen and oxygen atoms in total. The highest BCUT2D eigenvalue weighted by atomic mass is 16.1. The molecule has 0 saturated heterocycles. The van der Waals surface area contributed by atoms with E-state index in [9.17, 15) is 4.79 Å². The van der Waals surface area contributed by atoms with Crippen LogP contribution in [0, 0.1) is 5.92 Å². The summed E-state index contributed by atoms with van der Waals surface area (Å²) in [7, 11) is 0. The molecule has 2 bridgehead atoms. The number of nitrogens with one attached hydrogen (secondary N) is 1. The maximum Gasteiger partial charge on any atom is 0.253 e. The van der Waals surface area contributed by atoms with Crippen molar-refractivity contribution < 1.29 is 4.79 Å². The molecule has 2 aromatic heterocycles. The first-order chi connectivity index (χ1) is 9.74. The molecule has 1 N–H and O–H groups in total. The van der Waals surface area contributed by atoms with Crippen molar-refractivity contribution in [2.75, 3.05) is 0 Å². The molecule has 2 aromatic rings. The Morgan fingerprint density at radius 2 is 2.00 bits per heavy atom. The molecule has 0 unspecified atom stereocenters. The molecule has 3 fully saturated rings. The van der Waals surface area contributed by atoms with Gasteiger partial charge in [-0.2, -0.15) is 0 Å². The predicted octanol–water partition coefficient (Wildman–Crippen LogP) is 2.18. The van der Waals surface area contributed by atoms with Gasteiger partial charge in [0, 0.05) is 11.7 Å². The fourth-order valence-corrected chi connectivity index (χ4v) is 3.71. The third-order valence-electron chi connectivity index (χ3n) is 5.03. The minimum absolute atomic E-state index is 0.0287. The van der Waals surface area contributed by atoms with Crippen molar-refractivity contribution in [2.24, 2.45) is 5.92 Å². The molecule has 5 rings (SSSR count). The Balaban J connectivity index is 1.57. The SMILES string of the molecule is O=C(NC12CCC(CC1)CC2)c1ccc2nncn2c1. The Morgan fingerprint density at radius 3 is 2.75 bits per heavy atom. The van der Waals surface area contributed by atoms with E-state index in [0.717, 1.165) is 30.8 Å². The van der Waals surface area contributed by atoms with Crippen LogP contribution in [0.1, 0.15) is 48.9 Å². The van der Waals surface area contributed by atoms with E-state index < -0.39 is 0 Å². The summed E-state index contributed by atoms with van der Waals surface area (Å²) in [6.07, 6.45) is 10.6. The minimum Gasteiger partial charge on any atom is -0.347 e. The molecule has 0 atom stereocenters. The summed E-state index contributed by atoms with van der Waals surface area (Å²) in [5, 5.41) is 11.1. The minimum atomic E-state index is 0.0287. The molecule has 3 aliphatic carbocycles. The number of pyridine rings is 1. The molecule has 3 saturated carbocycles. The summed E-state index contributed by atoms with van der Waals surface area (Å²) in [6.45, 7) is 0. The first kappa shape index (κ1) is 11.9. The number of nitrogens with zero attached hydrogens (tertiary/aromatic N) is 3. The standard InChI is InChI=1S/C15H18N4O/c20-14(12-1-2-13-18-16-10-19(13)9-12)17-15-6-3-11(4-7-15)5-8-15/h1-2,9-11H,3-8H2,(H,17,20). The van der Waals surface area contributed by atoms with Crippen LogP contribution >= 0.6 is 0 Å².